The number of benzene rings is 2. The number of para-hydroxylation sites is 2. The van der Waals surface area contributed by atoms with E-state index in [-0.39, 0.29) is 25.5 Å². The first-order chi connectivity index (χ1) is 14.0. The lowest BCUT2D eigenvalue weighted by molar-refractivity contribution is -0.153. The molecule has 1 aliphatic heterocycles. The maximum absolute atomic E-state index is 12.3. The van der Waals surface area contributed by atoms with Crippen LogP contribution in [0.15, 0.2) is 48.5 Å². The molecule has 8 heteroatoms. The second-order valence-corrected chi connectivity index (χ2v) is 6.41. The third-order valence-corrected chi connectivity index (χ3v) is 4.36. The summed E-state index contributed by atoms with van der Waals surface area (Å²) in [5.41, 5.74) is 1.15. The molecule has 0 saturated carbocycles. The average molecular weight is 398 g/mol. The van der Waals surface area contributed by atoms with Crippen LogP contribution < -0.4 is 19.7 Å². The Morgan fingerprint density at radius 3 is 2.79 bits per heavy atom. The molecule has 2 aromatic carbocycles. The van der Waals surface area contributed by atoms with E-state index >= 15 is 0 Å². The summed E-state index contributed by atoms with van der Waals surface area (Å²) < 4.78 is 15.7. The summed E-state index contributed by atoms with van der Waals surface area (Å²) in [6.07, 6.45) is -1.03. The van der Waals surface area contributed by atoms with E-state index in [0.717, 1.165) is 0 Å². The smallest absolute Gasteiger partial charge is 0.308 e. The highest BCUT2D eigenvalue weighted by molar-refractivity contribution is 5.98. The summed E-state index contributed by atoms with van der Waals surface area (Å²) in [4.78, 5) is 38.1. The van der Waals surface area contributed by atoms with Crippen LogP contribution in [0.4, 0.5) is 11.4 Å². The molecule has 0 unspecified atom stereocenters. The number of ether oxygens (including phenoxy) is 3. The van der Waals surface area contributed by atoms with Crippen LogP contribution in [-0.2, 0) is 19.1 Å². The van der Waals surface area contributed by atoms with Crippen molar-refractivity contribution in [1.29, 1.82) is 0 Å². The Bertz CT molecular complexity index is 914. The fourth-order valence-electron chi connectivity index (χ4n) is 2.86. The molecule has 1 heterocycles. The SMILES string of the molecule is COc1cccc(NC(=O)[C@@H](C)OC(=O)CCN2C(=O)COc3ccccc32)c1. The van der Waals surface area contributed by atoms with Crippen molar-refractivity contribution in [2.24, 2.45) is 0 Å². The fraction of sp³-hybridized carbons (Fsp3) is 0.286. The van der Waals surface area contributed by atoms with Gasteiger partial charge in [0, 0.05) is 18.3 Å². The van der Waals surface area contributed by atoms with Gasteiger partial charge in [-0.15, -0.1) is 0 Å². The van der Waals surface area contributed by atoms with Crippen molar-refractivity contribution < 1.29 is 28.6 Å². The molecule has 152 valence electrons. The third-order valence-electron chi connectivity index (χ3n) is 4.36. The molecule has 3 rings (SSSR count). The van der Waals surface area contributed by atoms with Crippen molar-refractivity contribution in [3.8, 4) is 11.5 Å². The Morgan fingerprint density at radius 1 is 1.21 bits per heavy atom. The summed E-state index contributed by atoms with van der Waals surface area (Å²) in [6, 6.07) is 14.0. The maximum atomic E-state index is 12.3. The Kier molecular flexibility index (Phi) is 6.33. The molecule has 1 N–H and O–H groups in total. The number of methoxy groups -OCH3 is 1. The molecular formula is C21H22N2O6. The van der Waals surface area contributed by atoms with Crippen LogP contribution in [0.25, 0.3) is 0 Å². The monoisotopic (exact) mass is 398 g/mol. The van der Waals surface area contributed by atoms with Gasteiger partial charge in [0.25, 0.3) is 11.8 Å². The maximum Gasteiger partial charge on any atom is 0.308 e. The van der Waals surface area contributed by atoms with Crippen LogP contribution in [-0.4, -0.2) is 44.1 Å². The minimum Gasteiger partial charge on any atom is -0.497 e. The van der Waals surface area contributed by atoms with E-state index in [2.05, 4.69) is 5.32 Å². The van der Waals surface area contributed by atoms with Crippen LogP contribution in [0.3, 0.4) is 0 Å². The van der Waals surface area contributed by atoms with Gasteiger partial charge in [-0.1, -0.05) is 18.2 Å². The van der Waals surface area contributed by atoms with Gasteiger partial charge in [-0.3, -0.25) is 14.4 Å². The average Bonchev–Trinajstić information content (AvgIpc) is 2.73. The lowest BCUT2D eigenvalue weighted by atomic mass is 10.2. The Hall–Kier alpha value is -3.55. The highest BCUT2D eigenvalue weighted by atomic mass is 16.5. The van der Waals surface area contributed by atoms with Crippen molar-refractivity contribution in [3.63, 3.8) is 0 Å². The summed E-state index contributed by atoms with van der Waals surface area (Å²) in [7, 11) is 1.53. The normalized spacial score (nSPS) is 13.7. The quantitative estimate of drug-likeness (QED) is 0.720. The van der Waals surface area contributed by atoms with E-state index in [0.29, 0.717) is 22.9 Å². The molecule has 2 aromatic rings. The van der Waals surface area contributed by atoms with E-state index in [1.54, 1.807) is 42.5 Å². The van der Waals surface area contributed by atoms with E-state index in [4.69, 9.17) is 14.2 Å². The van der Waals surface area contributed by atoms with Crippen LogP contribution in [0.5, 0.6) is 11.5 Å². The molecule has 0 aliphatic carbocycles. The van der Waals surface area contributed by atoms with Crippen molar-refractivity contribution in [1.82, 2.24) is 0 Å². The number of nitrogens with zero attached hydrogens (tertiary/aromatic N) is 1. The Labute approximate surface area is 168 Å². The molecular weight excluding hydrogens is 376 g/mol. The largest absolute Gasteiger partial charge is 0.497 e. The van der Waals surface area contributed by atoms with Gasteiger partial charge in [0.15, 0.2) is 12.7 Å². The van der Waals surface area contributed by atoms with Gasteiger partial charge in [-0.25, -0.2) is 0 Å². The molecule has 1 aliphatic rings. The second-order valence-electron chi connectivity index (χ2n) is 6.41. The summed E-state index contributed by atoms with van der Waals surface area (Å²) in [6.45, 7) is 1.55. The second kappa shape index (κ2) is 9.09. The number of nitrogens with one attached hydrogen (secondary N) is 1. The van der Waals surface area contributed by atoms with E-state index < -0.39 is 18.0 Å². The number of hydrogen-bond acceptors (Lipinski definition) is 6. The summed E-state index contributed by atoms with van der Waals surface area (Å²) in [5, 5.41) is 2.67. The molecule has 0 aromatic heterocycles. The van der Waals surface area contributed by atoms with Gasteiger partial charge >= 0.3 is 5.97 Å². The van der Waals surface area contributed by atoms with Crippen molar-refractivity contribution in [2.75, 3.05) is 30.5 Å². The van der Waals surface area contributed by atoms with Crippen LogP contribution in [0.1, 0.15) is 13.3 Å². The number of carbonyl (C=O) groups excluding carboxylic acids is 3. The summed E-state index contributed by atoms with van der Waals surface area (Å²) in [5.74, 6) is -0.0795. The van der Waals surface area contributed by atoms with E-state index in [9.17, 15) is 14.4 Å². The number of amides is 2. The molecule has 0 spiro atoms. The molecule has 29 heavy (non-hydrogen) atoms. The minimum absolute atomic E-state index is 0.0448. The first-order valence-corrected chi connectivity index (χ1v) is 9.14. The fourth-order valence-corrected chi connectivity index (χ4v) is 2.86. The zero-order chi connectivity index (χ0) is 20.8. The van der Waals surface area contributed by atoms with Crippen molar-refractivity contribution in [3.05, 3.63) is 48.5 Å². The van der Waals surface area contributed by atoms with Gasteiger partial charge < -0.3 is 24.4 Å². The Morgan fingerprint density at radius 2 is 2.00 bits per heavy atom. The molecule has 0 fully saturated rings. The number of anilines is 2. The van der Waals surface area contributed by atoms with Gasteiger partial charge in [-0.2, -0.15) is 0 Å². The lowest BCUT2D eigenvalue weighted by Gasteiger charge is -2.29. The number of fused-ring (bicyclic) bond motifs is 1. The molecule has 0 saturated heterocycles. The number of hydrogen-bond donors (Lipinski definition) is 1. The highest BCUT2D eigenvalue weighted by Crippen LogP contribution is 2.31. The lowest BCUT2D eigenvalue weighted by Crippen LogP contribution is -2.40. The first-order valence-electron chi connectivity index (χ1n) is 9.14. The van der Waals surface area contributed by atoms with E-state index in [1.165, 1.54) is 18.9 Å². The predicted molar refractivity (Wildman–Crippen MR) is 106 cm³/mol. The van der Waals surface area contributed by atoms with Crippen LogP contribution in [0, 0.1) is 0 Å². The van der Waals surface area contributed by atoms with E-state index in [1.807, 2.05) is 6.07 Å². The molecule has 0 radical (unpaired) electrons. The minimum atomic E-state index is -0.985. The standard InChI is InChI=1S/C21H22N2O6/c1-14(21(26)22-15-6-5-7-16(12-15)27-2)29-20(25)10-11-23-17-8-3-4-9-18(17)28-13-19(23)24/h3-9,12,14H,10-11,13H2,1-2H3,(H,22,26)/t14-/m1/s1. The zero-order valence-corrected chi connectivity index (χ0v) is 16.2. The predicted octanol–water partition coefficient (Wildman–Crippen LogP) is 2.38. The number of rotatable bonds is 7. The summed E-state index contributed by atoms with van der Waals surface area (Å²) >= 11 is 0. The number of esters is 1. The van der Waals surface area contributed by atoms with Gasteiger partial charge in [0.05, 0.1) is 19.2 Å². The Balaban J connectivity index is 1.52. The van der Waals surface area contributed by atoms with Crippen molar-refractivity contribution in [2.45, 2.75) is 19.4 Å². The first kappa shape index (κ1) is 20.2. The highest BCUT2D eigenvalue weighted by Gasteiger charge is 2.26. The van der Waals surface area contributed by atoms with Crippen molar-refractivity contribution >= 4 is 29.2 Å². The van der Waals surface area contributed by atoms with Gasteiger partial charge in [0.2, 0.25) is 0 Å². The molecule has 0 bridgehead atoms. The van der Waals surface area contributed by atoms with Gasteiger partial charge in [-0.05, 0) is 31.2 Å². The third kappa shape index (κ3) is 5.04. The van der Waals surface area contributed by atoms with Gasteiger partial charge in [0.1, 0.15) is 11.5 Å². The number of carbonyl (C=O) groups is 3. The molecule has 1 atom stereocenters. The molecule has 8 nitrogen and oxygen atoms in total. The van der Waals surface area contributed by atoms with Crippen LogP contribution in [0.2, 0.25) is 0 Å². The van der Waals surface area contributed by atoms with Crippen LogP contribution >= 0.6 is 0 Å². The zero-order valence-electron chi connectivity index (χ0n) is 16.2. The molecule has 2 amide bonds. The topological polar surface area (TPSA) is 94.2 Å².